The lowest BCUT2D eigenvalue weighted by Crippen LogP contribution is -2.06. The first-order chi connectivity index (χ1) is 14.1. The molecular weight excluding hydrogens is 362 g/mol. The molecule has 2 aromatic heterocycles. The molecule has 0 bridgehead atoms. The zero-order valence-electron chi connectivity index (χ0n) is 16.5. The summed E-state index contributed by atoms with van der Waals surface area (Å²) in [5.74, 6) is 0.905. The van der Waals surface area contributed by atoms with Crippen LogP contribution in [0.2, 0.25) is 0 Å². The van der Waals surface area contributed by atoms with E-state index in [1.807, 2.05) is 61.7 Å². The Morgan fingerprint density at radius 3 is 2.83 bits per heavy atom. The molecule has 146 valence electrons. The number of Topliss-reactive ketones (excluding diaryl/α,β-unsaturated/α-hetero) is 1. The quantitative estimate of drug-likeness (QED) is 0.443. The fraction of sp³-hybridized carbons (Fsp3) is 0.167. The minimum Gasteiger partial charge on any atom is -0.496 e. The highest BCUT2D eigenvalue weighted by Gasteiger charge is 2.11. The van der Waals surface area contributed by atoms with Gasteiger partial charge in [-0.1, -0.05) is 42.0 Å². The van der Waals surface area contributed by atoms with Crippen LogP contribution in [0, 0.1) is 6.92 Å². The van der Waals surface area contributed by atoms with Gasteiger partial charge in [0, 0.05) is 42.2 Å². The Morgan fingerprint density at radius 2 is 2.00 bits per heavy atom. The molecule has 0 aliphatic heterocycles. The van der Waals surface area contributed by atoms with Crippen LogP contribution in [0.3, 0.4) is 0 Å². The monoisotopic (exact) mass is 385 g/mol. The van der Waals surface area contributed by atoms with Gasteiger partial charge < -0.3 is 15.0 Å². The number of aromatic amines is 1. The summed E-state index contributed by atoms with van der Waals surface area (Å²) in [6.45, 7) is 2.58. The summed E-state index contributed by atoms with van der Waals surface area (Å²) in [7, 11) is 1.66. The molecule has 0 unspecified atom stereocenters. The average molecular weight is 385 g/mol. The molecule has 0 radical (unpaired) electrons. The van der Waals surface area contributed by atoms with E-state index in [4.69, 9.17) is 4.74 Å². The molecule has 0 spiro atoms. The molecule has 0 fully saturated rings. The molecule has 4 rings (SSSR count). The van der Waals surface area contributed by atoms with Gasteiger partial charge in [0.1, 0.15) is 11.4 Å². The molecule has 0 saturated heterocycles. The van der Waals surface area contributed by atoms with Gasteiger partial charge >= 0.3 is 0 Å². The van der Waals surface area contributed by atoms with Crippen molar-refractivity contribution in [2.24, 2.45) is 0 Å². The van der Waals surface area contributed by atoms with E-state index < -0.39 is 0 Å². The number of fused-ring (bicyclic) bond motifs is 1. The highest BCUT2D eigenvalue weighted by atomic mass is 16.5. The molecule has 0 saturated carbocycles. The molecule has 5 heteroatoms. The Kier molecular flexibility index (Phi) is 5.29. The molecule has 5 nitrogen and oxygen atoms in total. The lowest BCUT2D eigenvalue weighted by atomic mass is 10.0. The highest BCUT2D eigenvalue weighted by Crippen LogP contribution is 2.28. The van der Waals surface area contributed by atoms with Crippen LogP contribution in [-0.4, -0.2) is 22.9 Å². The third kappa shape index (κ3) is 4.14. The summed E-state index contributed by atoms with van der Waals surface area (Å²) in [4.78, 5) is 20.2. The Bertz CT molecular complexity index is 1160. The molecule has 2 aromatic carbocycles. The van der Waals surface area contributed by atoms with Crippen molar-refractivity contribution in [1.82, 2.24) is 9.97 Å². The van der Waals surface area contributed by atoms with E-state index in [0.717, 1.165) is 39.2 Å². The van der Waals surface area contributed by atoms with Gasteiger partial charge in [-0.3, -0.25) is 4.79 Å². The maximum absolute atomic E-state index is 12.7. The first-order valence-electron chi connectivity index (χ1n) is 9.55. The largest absolute Gasteiger partial charge is 0.496 e. The first-order valence-corrected chi connectivity index (χ1v) is 9.55. The van der Waals surface area contributed by atoms with Crippen LogP contribution >= 0.6 is 0 Å². The second-order valence-electron chi connectivity index (χ2n) is 7.08. The SMILES string of the molecule is COc1c(CNc2cccc(C(=O)Cc3cccc(C)c3)c2)cnc2[nH]ccc12. The molecule has 2 heterocycles. The van der Waals surface area contributed by atoms with Crippen LogP contribution < -0.4 is 10.1 Å². The van der Waals surface area contributed by atoms with Gasteiger partial charge in [0.15, 0.2) is 5.78 Å². The normalized spacial score (nSPS) is 10.8. The van der Waals surface area contributed by atoms with Crippen LogP contribution in [0.15, 0.2) is 67.0 Å². The van der Waals surface area contributed by atoms with Crippen molar-refractivity contribution < 1.29 is 9.53 Å². The van der Waals surface area contributed by atoms with Gasteiger partial charge in [-0.15, -0.1) is 0 Å². The lowest BCUT2D eigenvalue weighted by molar-refractivity contribution is 0.0993. The number of ketones is 1. The van der Waals surface area contributed by atoms with Gasteiger partial charge in [0.2, 0.25) is 0 Å². The van der Waals surface area contributed by atoms with Crippen molar-refractivity contribution in [2.75, 3.05) is 12.4 Å². The van der Waals surface area contributed by atoms with Crippen molar-refractivity contribution in [1.29, 1.82) is 0 Å². The molecule has 0 aliphatic carbocycles. The number of H-pyrrole nitrogens is 1. The third-order valence-corrected chi connectivity index (χ3v) is 4.93. The smallest absolute Gasteiger partial charge is 0.167 e. The third-order valence-electron chi connectivity index (χ3n) is 4.93. The molecule has 29 heavy (non-hydrogen) atoms. The number of rotatable bonds is 7. The number of benzene rings is 2. The number of pyridine rings is 1. The van der Waals surface area contributed by atoms with Gasteiger partial charge in [0.25, 0.3) is 0 Å². The highest BCUT2D eigenvalue weighted by molar-refractivity contribution is 5.98. The van der Waals surface area contributed by atoms with Crippen LogP contribution in [0.5, 0.6) is 5.75 Å². The Morgan fingerprint density at radius 1 is 1.14 bits per heavy atom. The van der Waals surface area contributed by atoms with E-state index in [2.05, 4.69) is 21.4 Å². The average Bonchev–Trinajstić information content (AvgIpc) is 3.21. The summed E-state index contributed by atoms with van der Waals surface area (Å²) in [5.41, 5.74) is 5.53. The van der Waals surface area contributed by atoms with E-state index in [1.165, 1.54) is 0 Å². The number of hydrogen-bond acceptors (Lipinski definition) is 4. The number of nitrogens with one attached hydrogen (secondary N) is 2. The Balaban J connectivity index is 1.49. The molecule has 4 aromatic rings. The Labute approximate surface area is 169 Å². The second-order valence-corrected chi connectivity index (χ2v) is 7.08. The van der Waals surface area contributed by atoms with E-state index in [1.54, 1.807) is 13.3 Å². The van der Waals surface area contributed by atoms with E-state index in [-0.39, 0.29) is 5.78 Å². The van der Waals surface area contributed by atoms with Gasteiger partial charge in [0.05, 0.1) is 12.5 Å². The zero-order valence-corrected chi connectivity index (χ0v) is 16.5. The first kappa shape index (κ1) is 18.7. The van der Waals surface area contributed by atoms with Gasteiger partial charge in [-0.05, 0) is 30.7 Å². The van der Waals surface area contributed by atoms with Crippen LogP contribution in [0.4, 0.5) is 5.69 Å². The van der Waals surface area contributed by atoms with Crippen molar-refractivity contribution in [3.63, 3.8) is 0 Å². The summed E-state index contributed by atoms with van der Waals surface area (Å²) in [5, 5.41) is 4.33. The number of carbonyl (C=O) groups is 1. The maximum Gasteiger partial charge on any atom is 0.167 e. The maximum atomic E-state index is 12.7. The van der Waals surface area contributed by atoms with Crippen LogP contribution in [0.25, 0.3) is 11.0 Å². The fourth-order valence-corrected chi connectivity index (χ4v) is 3.50. The van der Waals surface area contributed by atoms with E-state index in [0.29, 0.717) is 18.5 Å². The van der Waals surface area contributed by atoms with Gasteiger partial charge in [-0.25, -0.2) is 4.98 Å². The predicted octanol–water partition coefficient (Wildman–Crippen LogP) is 4.92. The van der Waals surface area contributed by atoms with Crippen molar-refractivity contribution in [3.8, 4) is 5.75 Å². The minimum atomic E-state index is 0.104. The zero-order chi connectivity index (χ0) is 20.2. The van der Waals surface area contributed by atoms with Crippen LogP contribution in [0.1, 0.15) is 27.0 Å². The second kappa shape index (κ2) is 8.19. The number of nitrogens with zero attached hydrogens (tertiary/aromatic N) is 1. The number of carbonyl (C=O) groups excluding carboxylic acids is 1. The summed E-state index contributed by atoms with van der Waals surface area (Å²) >= 11 is 0. The van der Waals surface area contributed by atoms with Gasteiger partial charge in [-0.2, -0.15) is 0 Å². The number of hydrogen-bond donors (Lipinski definition) is 2. The number of ether oxygens (including phenoxy) is 1. The molecular formula is C24H23N3O2. The van der Waals surface area contributed by atoms with E-state index >= 15 is 0 Å². The van der Waals surface area contributed by atoms with Crippen molar-refractivity contribution >= 4 is 22.5 Å². The number of methoxy groups -OCH3 is 1. The molecule has 2 N–H and O–H groups in total. The predicted molar refractivity (Wildman–Crippen MR) is 116 cm³/mol. The summed E-state index contributed by atoms with van der Waals surface area (Å²) in [6, 6.07) is 17.6. The molecule has 0 atom stereocenters. The van der Waals surface area contributed by atoms with Crippen LogP contribution in [-0.2, 0) is 13.0 Å². The minimum absolute atomic E-state index is 0.104. The standard InChI is InChI=1S/C24H23N3O2/c1-16-5-3-6-17(11-16)12-22(28)18-7-4-8-20(13-18)26-14-19-15-27-24-21(9-10-25-24)23(19)29-2/h3-11,13,15,26H,12,14H2,1-2H3,(H,25,27). The number of aromatic nitrogens is 2. The molecule has 0 amide bonds. The van der Waals surface area contributed by atoms with Crippen molar-refractivity contribution in [2.45, 2.75) is 19.9 Å². The Hall–Kier alpha value is -3.60. The fourth-order valence-electron chi connectivity index (χ4n) is 3.50. The summed E-state index contributed by atoms with van der Waals surface area (Å²) in [6.07, 6.45) is 4.05. The lowest BCUT2D eigenvalue weighted by Gasteiger charge is -2.12. The molecule has 0 aliphatic rings. The topological polar surface area (TPSA) is 67.0 Å². The van der Waals surface area contributed by atoms with E-state index in [9.17, 15) is 4.79 Å². The number of anilines is 1. The number of aryl methyl sites for hydroxylation is 1. The summed E-state index contributed by atoms with van der Waals surface area (Å²) < 4.78 is 5.59. The van der Waals surface area contributed by atoms with Crippen molar-refractivity contribution in [3.05, 3.63) is 89.2 Å².